The third kappa shape index (κ3) is 2.81. The first-order chi connectivity index (χ1) is 9.69. The summed E-state index contributed by atoms with van der Waals surface area (Å²) in [4.78, 5) is 12.0. The fourth-order valence-corrected chi connectivity index (χ4v) is 2.07. The van der Waals surface area contributed by atoms with E-state index in [9.17, 15) is 4.79 Å². The Morgan fingerprint density at radius 2 is 1.65 bits per heavy atom. The largest absolute Gasteiger partial charge is 0.491 e. The molecule has 1 amide bonds. The van der Waals surface area contributed by atoms with Gasteiger partial charge < -0.3 is 10.5 Å². The summed E-state index contributed by atoms with van der Waals surface area (Å²) in [6.45, 7) is 0.132. The van der Waals surface area contributed by atoms with Crippen molar-refractivity contribution in [1.29, 1.82) is 0 Å². The third-order valence-electron chi connectivity index (χ3n) is 3.31. The van der Waals surface area contributed by atoms with Gasteiger partial charge in [0.1, 0.15) is 12.4 Å². The van der Waals surface area contributed by atoms with Crippen LogP contribution in [0.1, 0.15) is 5.56 Å². The van der Waals surface area contributed by atoms with Crippen LogP contribution in [-0.2, 0) is 10.3 Å². The molecule has 20 heavy (non-hydrogen) atoms. The predicted molar refractivity (Wildman–Crippen MR) is 78.3 cm³/mol. The molecule has 0 heterocycles. The molecule has 0 bridgehead atoms. The fraction of sp³-hybridized carbons (Fsp3) is 0.188. The lowest BCUT2D eigenvalue weighted by Crippen LogP contribution is -2.55. The third-order valence-corrected chi connectivity index (χ3v) is 3.31. The number of primary amides is 1. The van der Waals surface area contributed by atoms with E-state index in [4.69, 9.17) is 10.5 Å². The van der Waals surface area contributed by atoms with Gasteiger partial charge in [-0.1, -0.05) is 48.5 Å². The van der Waals surface area contributed by atoms with Crippen molar-refractivity contribution in [3.8, 4) is 5.75 Å². The Hall–Kier alpha value is -2.33. The fourth-order valence-electron chi connectivity index (χ4n) is 2.07. The van der Waals surface area contributed by atoms with Crippen molar-refractivity contribution in [2.75, 3.05) is 13.7 Å². The highest BCUT2D eigenvalue weighted by atomic mass is 16.5. The van der Waals surface area contributed by atoms with E-state index in [2.05, 4.69) is 5.32 Å². The van der Waals surface area contributed by atoms with Gasteiger partial charge in [0, 0.05) is 0 Å². The Bertz CT molecular complexity index is 557. The minimum absolute atomic E-state index is 0.132. The van der Waals surface area contributed by atoms with Crippen molar-refractivity contribution >= 4 is 5.91 Å². The topological polar surface area (TPSA) is 64.3 Å². The van der Waals surface area contributed by atoms with Gasteiger partial charge in [0.05, 0.1) is 0 Å². The molecule has 104 valence electrons. The molecule has 2 aromatic carbocycles. The SMILES string of the molecule is CNC(COc1ccccc1)(C(N)=O)c1ccccc1. The van der Waals surface area contributed by atoms with Crippen molar-refractivity contribution in [3.63, 3.8) is 0 Å². The smallest absolute Gasteiger partial charge is 0.245 e. The van der Waals surface area contributed by atoms with Gasteiger partial charge in [0.25, 0.3) is 0 Å². The summed E-state index contributed by atoms with van der Waals surface area (Å²) in [7, 11) is 1.70. The second-order valence-corrected chi connectivity index (χ2v) is 4.49. The van der Waals surface area contributed by atoms with E-state index in [1.165, 1.54) is 0 Å². The molecule has 0 saturated carbocycles. The van der Waals surface area contributed by atoms with E-state index in [1.54, 1.807) is 7.05 Å². The summed E-state index contributed by atoms with van der Waals surface area (Å²) >= 11 is 0. The summed E-state index contributed by atoms with van der Waals surface area (Å²) in [6.07, 6.45) is 0. The zero-order valence-electron chi connectivity index (χ0n) is 11.4. The van der Waals surface area contributed by atoms with E-state index in [0.717, 1.165) is 5.56 Å². The van der Waals surface area contributed by atoms with Crippen LogP contribution in [0.4, 0.5) is 0 Å². The molecule has 1 unspecified atom stereocenters. The highest BCUT2D eigenvalue weighted by Gasteiger charge is 2.38. The second kappa shape index (κ2) is 6.21. The molecule has 0 aliphatic heterocycles. The van der Waals surface area contributed by atoms with E-state index in [0.29, 0.717) is 5.75 Å². The monoisotopic (exact) mass is 270 g/mol. The Kier molecular flexibility index (Phi) is 4.38. The lowest BCUT2D eigenvalue weighted by atomic mass is 9.90. The zero-order chi connectivity index (χ0) is 14.4. The molecule has 0 fully saturated rings. The molecule has 0 radical (unpaired) electrons. The van der Waals surface area contributed by atoms with Crippen molar-refractivity contribution in [2.24, 2.45) is 5.73 Å². The highest BCUT2D eigenvalue weighted by Crippen LogP contribution is 2.22. The second-order valence-electron chi connectivity index (χ2n) is 4.49. The van der Waals surface area contributed by atoms with Crippen LogP contribution in [0.25, 0.3) is 0 Å². The molecule has 2 rings (SSSR count). The summed E-state index contributed by atoms with van der Waals surface area (Å²) < 4.78 is 5.71. The van der Waals surface area contributed by atoms with Crippen molar-refractivity contribution in [3.05, 3.63) is 66.2 Å². The Balaban J connectivity index is 2.26. The summed E-state index contributed by atoms with van der Waals surface area (Å²) in [5.74, 6) is 0.228. The van der Waals surface area contributed by atoms with Gasteiger partial charge in [-0.25, -0.2) is 0 Å². The van der Waals surface area contributed by atoms with E-state index in [-0.39, 0.29) is 6.61 Å². The highest BCUT2D eigenvalue weighted by molar-refractivity contribution is 5.86. The number of nitrogens with two attached hydrogens (primary N) is 1. The van der Waals surface area contributed by atoms with Crippen LogP contribution in [0, 0.1) is 0 Å². The number of carbonyl (C=O) groups is 1. The van der Waals surface area contributed by atoms with Crippen molar-refractivity contribution < 1.29 is 9.53 Å². The van der Waals surface area contributed by atoms with E-state index < -0.39 is 11.4 Å². The number of amides is 1. The molecule has 0 aromatic heterocycles. The van der Waals surface area contributed by atoms with Crippen LogP contribution in [0.3, 0.4) is 0 Å². The number of likely N-dealkylation sites (N-methyl/N-ethyl adjacent to an activating group) is 1. The van der Waals surface area contributed by atoms with Gasteiger partial charge in [-0.2, -0.15) is 0 Å². The van der Waals surface area contributed by atoms with Crippen LogP contribution in [0.15, 0.2) is 60.7 Å². The van der Waals surface area contributed by atoms with Gasteiger partial charge in [-0.05, 0) is 24.7 Å². The molecule has 2 aromatic rings. The lowest BCUT2D eigenvalue weighted by Gasteiger charge is -2.30. The number of rotatable bonds is 6. The average molecular weight is 270 g/mol. The quantitative estimate of drug-likeness (QED) is 0.839. The van der Waals surface area contributed by atoms with Gasteiger partial charge >= 0.3 is 0 Å². The first-order valence-corrected chi connectivity index (χ1v) is 6.41. The lowest BCUT2D eigenvalue weighted by molar-refractivity contribution is -0.125. The number of ether oxygens (including phenoxy) is 1. The summed E-state index contributed by atoms with van der Waals surface area (Å²) in [5, 5.41) is 3.00. The van der Waals surface area contributed by atoms with E-state index >= 15 is 0 Å². The first kappa shape index (κ1) is 14.1. The summed E-state index contributed by atoms with van der Waals surface area (Å²) in [6, 6.07) is 18.7. The number of hydrogen-bond donors (Lipinski definition) is 2. The molecule has 4 heteroatoms. The number of hydrogen-bond acceptors (Lipinski definition) is 3. The standard InChI is InChI=1S/C16H18N2O2/c1-18-16(15(17)19,13-8-4-2-5-9-13)12-20-14-10-6-3-7-11-14/h2-11,18H,12H2,1H3,(H2,17,19). The molecule has 0 spiro atoms. The molecule has 0 saturated heterocycles. The first-order valence-electron chi connectivity index (χ1n) is 6.41. The molecular formula is C16H18N2O2. The number of benzene rings is 2. The molecule has 1 atom stereocenters. The molecule has 3 N–H and O–H groups in total. The van der Waals surface area contributed by atoms with Crippen molar-refractivity contribution in [2.45, 2.75) is 5.54 Å². The maximum Gasteiger partial charge on any atom is 0.245 e. The van der Waals surface area contributed by atoms with Gasteiger partial charge in [0.2, 0.25) is 5.91 Å². The van der Waals surface area contributed by atoms with Gasteiger partial charge in [-0.15, -0.1) is 0 Å². The maximum atomic E-state index is 12.0. The van der Waals surface area contributed by atoms with Crippen LogP contribution >= 0.6 is 0 Å². The molecule has 0 aliphatic carbocycles. The van der Waals surface area contributed by atoms with Crippen LogP contribution in [0.5, 0.6) is 5.75 Å². The van der Waals surface area contributed by atoms with E-state index in [1.807, 2.05) is 60.7 Å². The molecular weight excluding hydrogens is 252 g/mol. The minimum atomic E-state index is -1.04. The van der Waals surface area contributed by atoms with Crippen LogP contribution < -0.4 is 15.8 Å². The average Bonchev–Trinajstić information content (AvgIpc) is 2.50. The van der Waals surface area contributed by atoms with Gasteiger partial charge in [-0.3, -0.25) is 10.1 Å². The number of carbonyl (C=O) groups excluding carboxylic acids is 1. The predicted octanol–water partition coefficient (Wildman–Crippen LogP) is 1.67. The van der Waals surface area contributed by atoms with Crippen LogP contribution in [-0.4, -0.2) is 19.6 Å². The molecule has 4 nitrogen and oxygen atoms in total. The van der Waals surface area contributed by atoms with Gasteiger partial charge in [0.15, 0.2) is 5.54 Å². The number of para-hydroxylation sites is 1. The maximum absolute atomic E-state index is 12.0. The normalized spacial score (nSPS) is 13.4. The van der Waals surface area contributed by atoms with Crippen molar-refractivity contribution in [1.82, 2.24) is 5.32 Å². The number of nitrogens with one attached hydrogen (secondary N) is 1. The Labute approximate surface area is 118 Å². The summed E-state index contributed by atoms with van der Waals surface area (Å²) in [5.41, 5.74) is 5.34. The minimum Gasteiger partial charge on any atom is -0.491 e. The Morgan fingerprint density at radius 1 is 1.10 bits per heavy atom. The zero-order valence-corrected chi connectivity index (χ0v) is 11.4. The van der Waals surface area contributed by atoms with Crippen LogP contribution in [0.2, 0.25) is 0 Å². The Morgan fingerprint density at radius 3 is 2.15 bits per heavy atom. The molecule has 0 aliphatic rings.